The highest BCUT2D eigenvalue weighted by Crippen LogP contribution is 2.68. The quantitative estimate of drug-likeness (QED) is 0.106. The van der Waals surface area contributed by atoms with Crippen LogP contribution in [0.15, 0.2) is 11.6 Å². The number of allylic oxidation sites excluding steroid dienone is 1. The molecule has 4 aliphatic carbocycles. The molecule has 20 heteroatoms. The molecule has 0 aromatic heterocycles. The summed E-state index contributed by atoms with van der Waals surface area (Å²) in [7, 11) is 2.87. The van der Waals surface area contributed by atoms with Gasteiger partial charge in [0.25, 0.3) is 0 Å². The number of methoxy groups -OCH3 is 2. The molecule has 20 nitrogen and oxygen atoms in total. The zero-order chi connectivity index (χ0) is 48.7. The fraction of sp³-hybridized carbons (Fsp3) is 0.957. The van der Waals surface area contributed by atoms with Crippen molar-refractivity contribution in [2.24, 2.45) is 28.6 Å². The number of hydrogen-bond donors (Lipinski definition) is 10. The lowest BCUT2D eigenvalue weighted by atomic mass is 9.44. The van der Waals surface area contributed by atoms with Crippen molar-refractivity contribution in [2.45, 2.75) is 234 Å². The Morgan fingerprint density at radius 2 is 1.34 bits per heavy atom. The number of rotatable bonds is 12. The summed E-state index contributed by atoms with van der Waals surface area (Å²) < 4.78 is 60.9. The van der Waals surface area contributed by atoms with Crippen molar-refractivity contribution >= 4 is 0 Å². The van der Waals surface area contributed by atoms with Gasteiger partial charge < -0.3 is 98.4 Å². The smallest absolute Gasteiger partial charge is 0.187 e. The zero-order valence-electron chi connectivity index (χ0n) is 39.9. The second-order valence-electron chi connectivity index (χ2n) is 21.3. The maximum absolute atomic E-state index is 12.4. The molecule has 0 spiro atoms. The van der Waals surface area contributed by atoms with Crippen LogP contribution >= 0.6 is 0 Å². The topological polar surface area (TPSA) is 295 Å². The Kier molecular flexibility index (Phi) is 15.7. The Hall–Kier alpha value is -1.06. The van der Waals surface area contributed by atoms with Crippen LogP contribution in [-0.2, 0) is 47.4 Å². The largest absolute Gasteiger partial charge is 0.394 e. The summed E-state index contributed by atoms with van der Waals surface area (Å²) in [4.78, 5) is 0. The average molecular weight is 963 g/mol. The summed E-state index contributed by atoms with van der Waals surface area (Å²) >= 11 is 0. The summed E-state index contributed by atoms with van der Waals surface area (Å²) in [5.74, 6) is -0.970. The third-order valence-corrected chi connectivity index (χ3v) is 17.7. The van der Waals surface area contributed by atoms with E-state index in [1.54, 1.807) is 27.7 Å². The van der Waals surface area contributed by atoms with Crippen LogP contribution in [0.2, 0.25) is 0 Å². The van der Waals surface area contributed by atoms with Crippen molar-refractivity contribution in [2.75, 3.05) is 20.8 Å². The van der Waals surface area contributed by atoms with Crippen molar-refractivity contribution in [3.8, 4) is 0 Å². The summed E-state index contributed by atoms with van der Waals surface area (Å²) in [6.07, 6.45) is -16.3. The minimum atomic E-state index is -1.67. The van der Waals surface area contributed by atoms with E-state index in [-0.39, 0.29) is 36.7 Å². The lowest BCUT2D eigenvalue weighted by Gasteiger charge is -2.64. The van der Waals surface area contributed by atoms with Gasteiger partial charge in [-0.15, -0.1) is 0 Å². The van der Waals surface area contributed by atoms with Gasteiger partial charge in [0.1, 0.15) is 54.9 Å². The van der Waals surface area contributed by atoms with Crippen molar-refractivity contribution in [3.63, 3.8) is 0 Å². The number of hydrogen-bond acceptors (Lipinski definition) is 20. The van der Waals surface area contributed by atoms with Gasteiger partial charge in [-0.2, -0.15) is 0 Å². The highest BCUT2D eigenvalue weighted by atomic mass is 16.8. The summed E-state index contributed by atoms with van der Waals surface area (Å²) in [5, 5.41) is 110. The SMILES string of the molecule is COC1CC(OC2C(O)CC(OC3CCC4(C)C(=CCC5C4C(O)C(O)C4(C)C(C(C)O)CCC54O)C3)OC2C)OC(C)C1OC1OC(C)C(OC2OC(CO)C(O)C(O)C2O)C(OC)C1O. The van der Waals surface area contributed by atoms with E-state index in [1.807, 2.05) is 6.92 Å². The molecule has 8 aliphatic rings. The van der Waals surface area contributed by atoms with Crippen molar-refractivity contribution < 1.29 is 98.4 Å². The van der Waals surface area contributed by atoms with E-state index in [0.717, 1.165) is 5.57 Å². The van der Waals surface area contributed by atoms with Crippen LogP contribution in [0, 0.1) is 28.6 Å². The molecule has 0 amide bonds. The highest BCUT2D eigenvalue weighted by Gasteiger charge is 2.73. The molecule has 4 heterocycles. The van der Waals surface area contributed by atoms with Gasteiger partial charge in [-0.3, -0.25) is 0 Å². The van der Waals surface area contributed by atoms with Crippen LogP contribution in [0.25, 0.3) is 0 Å². The Morgan fingerprint density at radius 1 is 0.701 bits per heavy atom. The van der Waals surface area contributed by atoms with Crippen LogP contribution in [0.5, 0.6) is 0 Å². The molecule has 0 aromatic carbocycles. The standard InChI is InChI=1S/C47H78O20/c1-19(49)25-12-14-47(57)26-10-9-23-15-24(11-13-45(23,5)32(26)34(52)42(56)46(25,47)6)63-30-16-27(50)38(20(2)60-30)65-31-17-28(58-7)39(21(3)61-31)66-44-37(55)41(59-8)40(22(4)62-44)67-43-36(54)35(53)33(51)29(18-48)64-43/h9,19-22,24-44,48-57H,10-18H2,1-8H3. The molecule has 8 rings (SSSR count). The molecule has 0 bridgehead atoms. The Balaban J connectivity index is 0.841. The molecule has 10 N–H and O–H groups in total. The molecule has 67 heavy (non-hydrogen) atoms. The summed E-state index contributed by atoms with van der Waals surface area (Å²) in [6, 6.07) is 0. The third kappa shape index (κ3) is 9.01. The predicted octanol–water partition coefficient (Wildman–Crippen LogP) is -0.890. The van der Waals surface area contributed by atoms with Crippen LogP contribution < -0.4 is 0 Å². The predicted molar refractivity (Wildman–Crippen MR) is 230 cm³/mol. The van der Waals surface area contributed by atoms with Crippen LogP contribution in [0.1, 0.15) is 92.9 Å². The van der Waals surface area contributed by atoms with Gasteiger partial charge in [-0.1, -0.05) is 25.5 Å². The van der Waals surface area contributed by atoms with Gasteiger partial charge in [-0.25, -0.2) is 0 Å². The molecule has 28 atom stereocenters. The van der Waals surface area contributed by atoms with E-state index in [0.29, 0.717) is 38.5 Å². The number of fused-ring (bicyclic) bond motifs is 5. The van der Waals surface area contributed by atoms with Gasteiger partial charge in [0, 0.05) is 38.4 Å². The van der Waals surface area contributed by atoms with Gasteiger partial charge >= 0.3 is 0 Å². The molecule has 7 fully saturated rings. The first-order chi connectivity index (χ1) is 31.6. The normalized spacial score (nSPS) is 55.2. The molecule has 0 aromatic rings. The summed E-state index contributed by atoms with van der Waals surface area (Å²) in [6.45, 7) is 10.2. The van der Waals surface area contributed by atoms with Crippen molar-refractivity contribution in [3.05, 3.63) is 11.6 Å². The molecular weight excluding hydrogens is 884 g/mol. The van der Waals surface area contributed by atoms with Gasteiger partial charge in [0.2, 0.25) is 0 Å². The fourth-order valence-electron chi connectivity index (χ4n) is 13.9. The molecule has 3 saturated carbocycles. The Labute approximate surface area is 392 Å². The monoisotopic (exact) mass is 963 g/mol. The second-order valence-corrected chi connectivity index (χ2v) is 21.3. The highest BCUT2D eigenvalue weighted by molar-refractivity contribution is 5.31. The van der Waals surface area contributed by atoms with E-state index in [4.69, 9.17) is 47.4 Å². The number of aliphatic hydroxyl groups excluding tert-OH is 9. The number of aliphatic hydroxyl groups is 10. The van der Waals surface area contributed by atoms with Crippen LogP contribution in [0.3, 0.4) is 0 Å². The molecular formula is C47H78O20. The van der Waals surface area contributed by atoms with Crippen LogP contribution in [-0.4, -0.2) is 213 Å². The lowest BCUT2D eigenvalue weighted by Crippen LogP contribution is -2.71. The molecule has 28 unspecified atom stereocenters. The maximum Gasteiger partial charge on any atom is 0.187 e. The molecule has 0 radical (unpaired) electrons. The fourth-order valence-corrected chi connectivity index (χ4v) is 13.9. The van der Waals surface area contributed by atoms with Gasteiger partial charge in [0.15, 0.2) is 25.2 Å². The number of ether oxygens (including phenoxy) is 10. The Morgan fingerprint density at radius 3 is 1.99 bits per heavy atom. The van der Waals surface area contributed by atoms with E-state index >= 15 is 0 Å². The van der Waals surface area contributed by atoms with E-state index in [1.165, 1.54) is 14.2 Å². The molecule has 4 aliphatic heterocycles. The summed E-state index contributed by atoms with van der Waals surface area (Å²) in [5.41, 5.74) is -1.62. The molecule has 386 valence electrons. The average Bonchev–Trinajstić information content (AvgIpc) is 3.58. The van der Waals surface area contributed by atoms with Gasteiger partial charge in [-0.05, 0) is 83.5 Å². The minimum absolute atomic E-state index is 0.145. The lowest BCUT2D eigenvalue weighted by molar-refractivity contribution is -0.373. The van der Waals surface area contributed by atoms with E-state index < -0.39 is 152 Å². The Bertz CT molecular complexity index is 1690. The zero-order valence-corrected chi connectivity index (χ0v) is 39.9. The third-order valence-electron chi connectivity index (χ3n) is 17.7. The van der Waals surface area contributed by atoms with E-state index in [9.17, 15) is 51.1 Å². The first-order valence-electron chi connectivity index (χ1n) is 24.4. The van der Waals surface area contributed by atoms with Crippen molar-refractivity contribution in [1.29, 1.82) is 0 Å². The van der Waals surface area contributed by atoms with Gasteiger partial charge in [0.05, 0.1) is 67.1 Å². The second kappa shape index (κ2) is 20.1. The maximum atomic E-state index is 12.4. The first-order valence-corrected chi connectivity index (χ1v) is 24.4. The minimum Gasteiger partial charge on any atom is -0.394 e. The molecule has 4 saturated heterocycles. The van der Waals surface area contributed by atoms with Crippen molar-refractivity contribution in [1.82, 2.24) is 0 Å². The van der Waals surface area contributed by atoms with Crippen LogP contribution in [0.4, 0.5) is 0 Å². The first kappa shape index (κ1) is 52.3. The van der Waals surface area contributed by atoms with E-state index in [2.05, 4.69) is 13.0 Å².